The number of halogens is 2. The first-order valence-electron chi connectivity index (χ1n) is 8.64. The Balaban J connectivity index is 0.00000338. The highest BCUT2D eigenvalue weighted by Crippen LogP contribution is 2.16. The van der Waals surface area contributed by atoms with Crippen LogP contribution >= 0.6 is 39.9 Å². The van der Waals surface area contributed by atoms with E-state index in [-0.39, 0.29) is 24.0 Å². The highest BCUT2D eigenvalue weighted by Gasteiger charge is 2.11. The summed E-state index contributed by atoms with van der Waals surface area (Å²) in [5.41, 5.74) is 3.43. The van der Waals surface area contributed by atoms with Crippen molar-refractivity contribution in [3.8, 4) is 0 Å². The van der Waals surface area contributed by atoms with Gasteiger partial charge >= 0.3 is 0 Å². The van der Waals surface area contributed by atoms with E-state index in [0.29, 0.717) is 0 Å². The summed E-state index contributed by atoms with van der Waals surface area (Å²) in [6.45, 7) is 8.47. The summed E-state index contributed by atoms with van der Waals surface area (Å²) in [6, 6.07) is 2.14. The Morgan fingerprint density at radius 3 is 2.69 bits per heavy atom. The van der Waals surface area contributed by atoms with Crippen LogP contribution in [-0.4, -0.2) is 40.7 Å². The lowest BCUT2D eigenvalue weighted by Gasteiger charge is -2.22. The standard InChI is InChI=1S/C18H28BrN5O.HI/c1-6-20-18(24(5)12-16-10-15(19)11-23(16)4)21-9-7-8-17-13(2)22-25-14(17)3;/h10-11H,6-9,12H2,1-5H3,(H,20,21);1H. The van der Waals surface area contributed by atoms with Gasteiger partial charge in [0.25, 0.3) is 0 Å². The van der Waals surface area contributed by atoms with Gasteiger partial charge in [-0.3, -0.25) is 4.99 Å². The summed E-state index contributed by atoms with van der Waals surface area (Å²) in [6.07, 6.45) is 3.98. The molecule has 0 unspecified atom stereocenters. The summed E-state index contributed by atoms with van der Waals surface area (Å²) in [5.74, 6) is 1.85. The van der Waals surface area contributed by atoms with Gasteiger partial charge in [-0.15, -0.1) is 24.0 Å². The fraction of sp³-hybridized carbons (Fsp3) is 0.556. The molecule has 0 saturated heterocycles. The predicted octanol–water partition coefficient (Wildman–Crippen LogP) is 4.04. The van der Waals surface area contributed by atoms with Gasteiger partial charge in [-0.25, -0.2) is 0 Å². The average molecular weight is 538 g/mol. The van der Waals surface area contributed by atoms with Crippen LogP contribution in [0.15, 0.2) is 26.3 Å². The molecule has 8 heteroatoms. The Kier molecular flexibility index (Phi) is 9.70. The topological polar surface area (TPSA) is 58.6 Å². The van der Waals surface area contributed by atoms with E-state index in [2.05, 4.69) is 69.2 Å². The van der Waals surface area contributed by atoms with Crippen molar-refractivity contribution in [3.05, 3.63) is 39.4 Å². The van der Waals surface area contributed by atoms with E-state index in [1.165, 1.54) is 11.3 Å². The second-order valence-corrected chi connectivity index (χ2v) is 7.17. The van der Waals surface area contributed by atoms with Crippen molar-refractivity contribution in [3.63, 3.8) is 0 Å². The zero-order valence-corrected chi connectivity index (χ0v) is 20.1. The second-order valence-electron chi connectivity index (χ2n) is 6.26. The van der Waals surface area contributed by atoms with E-state index in [0.717, 1.165) is 54.4 Å². The second kappa shape index (κ2) is 11.0. The summed E-state index contributed by atoms with van der Waals surface area (Å²) >= 11 is 3.52. The van der Waals surface area contributed by atoms with Crippen molar-refractivity contribution in [2.45, 2.75) is 40.2 Å². The van der Waals surface area contributed by atoms with Crippen molar-refractivity contribution in [1.82, 2.24) is 19.9 Å². The van der Waals surface area contributed by atoms with Gasteiger partial charge in [0.15, 0.2) is 5.96 Å². The Bertz CT molecular complexity index is 706. The first kappa shape index (κ1) is 23.0. The van der Waals surface area contributed by atoms with E-state index < -0.39 is 0 Å². The first-order chi connectivity index (χ1) is 11.9. The Hall–Kier alpha value is -1.03. The highest BCUT2D eigenvalue weighted by molar-refractivity contribution is 14.0. The number of aliphatic imine (C=N–C) groups is 1. The minimum absolute atomic E-state index is 0. The molecule has 26 heavy (non-hydrogen) atoms. The maximum atomic E-state index is 5.22. The number of guanidine groups is 1. The van der Waals surface area contributed by atoms with Crippen LogP contribution in [0, 0.1) is 13.8 Å². The summed E-state index contributed by atoms with van der Waals surface area (Å²) in [7, 11) is 4.12. The SMILES string of the molecule is CCNC(=NCCCc1c(C)noc1C)N(C)Cc1cc(Br)cn1C.I. The van der Waals surface area contributed by atoms with Crippen LogP contribution in [0.3, 0.4) is 0 Å². The van der Waals surface area contributed by atoms with Gasteiger partial charge in [0.05, 0.1) is 12.2 Å². The molecule has 0 atom stereocenters. The van der Waals surface area contributed by atoms with Crippen molar-refractivity contribution in [2.24, 2.45) is 12.0 Å². The molecule has 2 aromatic rings. The Morgan fingerprint density at radius 2 is 2.15 bits per heavy atom. The summed E-state index contributed by atoms with van der Waals surface area (Å²) < 4.78 is 8.44. The molecule has 0 aliphatic rings. The van der Waals surface area contributed by atoms with Gasteiger partial charge in [-0.05, 0) is 55.6 Å². The van der Waals surface area contributed by atoms with E-state index in [1.54, 1.807) is 0 Å². The smallest absolute Gasteiger partial charge is 0.194 e. The van der Waals surface area contributed by atoms with E-state index in [1.807, 2.05) is 13.8 Å². The van der Waals surface area contributed by atoms with Gasteiger partial charge in [-0.1, -0.05) is 5.16 Å². The largest absolute Gasteiger partial charge is 0.361 e. The van der Waals surface area contributed by atoms with Crippen LogP contribution in [0.2, 0.25) is 0 Å². The van der Waals surface area contributed by atoms with Gasteiger partial charge in [0.1, 0.15) is 5.76 Å². The molecule has 0 fully saturated rings. The van der Waals surface area contributed by atoms with E-state index in [9.17, 15) is 0 Å². The van der Waals surface area contributed by atoms with Crippen LogP contribution in [-0.2, 0) is 20.0 Å². The van der Waals surface area contributed by atoms with E-state index in [4.69, 9.17) is 9.52 Å². The minimum Gasteiger partial charge on any atom is -0.361 e. The molecule has 0 saturated carbocycles. The van der Waals surface area contributed by atoms with Crippen LogP contribution in [0.25, 0.3) is 0 Å². The maximum absolute atomic E-state index is 5.22. The van der Waals surface area contributed by atoms with Gasteiger partial charge in [0, 0.05) is 49.1 Å². The molecule has 0 bridgehead atoms. The molecule has 6 nitrogen and oxygen atoms in total. The van der Waals surface area contributed by atoms with Crippen molar-refractivity contribution < 1.29 is 4.52 Å². The molecule has 2 aromatic heterocycles. The number of aryl methyl sites for hydroxylation is 3. The molecular formula is C18H29BrIN5O. The zero-order chi connectivity index (χ0) is 18.4. The van der Waals surface area contributed by atoms with Gasteiger partial charge < -0.3 is 19.3 Å². The Labute approximate surface area is 181 Å². The molecule has 0 aliphatic carbocycles. The molecular weight excluding hydrogens is 509 g/mol. The van der Waals surface area contributed by atoms with E-state index >= 15 is 0 Å². The van der Waals surface area contributed by atoms with Gasteiger partial charge in [-0.2, -0.15) is 0 Å². The number of nitrogens with one attached hydrogen (secondary N) is 1. The molecule has 0 radical (unpaired) electrons. The lowest BCUT2D eigenvalue weighted by molar-refractivity contribution is 0.392. The highest BCUT2D eigenvalue weighted by atomic mass is 127. The number of hydrogen-bond acceptors (Lipinski definition) is 3. The number of aromatic nitrogens is 2. The monoisotopic (exact) mass is 537 g/mol. The third-order valence-electron chi connectivity index (χ3n) is 4.20. The molecule has 2 rings (SSSR count). The quantitative estimate of drug-likeness (QED) is 0.251. The van der Waals surface area contributed by atoms with Crippen LogP contribution in [0.4, 0.5) is 0 Å². The average Bonchev–Trinajstić information content (AvgIpc) is 3.04. The molecule has 0 aromatic carbocycles. The predicted molar refractivity (Wildman–Crippen MR) is 120 cm³/mol. The molecule has 0 aliphatic heterocycles. The lowest BCUT2D eigenvalue weighted by atomic mass is 10.1. The molecule has 0 amide bonds. The third-order valence-corrected chi connectivity index (χ3v) is 4.63. The van der Waals surface area contributed by atoms with Crippen LogP contribution in [0.5, 0.6) is 0 Å². The van der Waals surface area contributed by atoms with Gasteiger partial charge in [0.2, 0.25) is 0 Å². The van der Waals surface area contributed by atoms with Crippen LogP contribution in [0.1, 0.15) is 36.1 Å². The fourth-order valence-corrected chi connectivity index (χ4v) is 3.38. The normalized spacial score (nSPS) is 11.4. The lowest BCUT2D eigenvalue weighted by Crippen LogP contribution is -2.38. The van der Waals surface area contributed by atoms with Crippen molar-refractivity contribution >= 4 is 45.9 Å². The summed E-state index contributed by atoms with van der Waals surface area (Å²) in [4.78, 5) is 6.92. The maximum Gasteiger partial charge on any atom is 0.194 e. The minimum atomic E-state index is 0. The molecule has 0 spiro atoms. The molecule has 1 N–H and O–H groups in total. The number of rotatable bonds is 7. The number of nitrogens with zero attached hydrogens (tertiary/aromatic N) is 4. The number of hydrogen-bond donors (Lipinski definition) is 1. The molecule has 146 valence electrons. The molecule has 2 heterocycles. The summed E-state index contributed by atoms with van der Waals surface area (Å²) in [5, 5.41) is 7.38. The van der Waals surface area contributed by atoms with Crippen molar-refractivity contribution in [2.75, 3.05) is 20.1 Å². The third kappa shape index (κ3) is 6.29. The fourth-order valence-electron chi connectivity index (χ4n) is 2.81. The van der Waals surface area contributed by atoms with Crippen LogP contribution < -0.4 is 5.32 Å². The van der Waals surface area contributed by atoms with Crippen molar-refractivity contribution in [1.29, 1.82) is 0 Å². The Morgan fingerprint density at radius 1 is 1.42 bits per heavy atom. The zero-order valence-electron chi connectivity index (χ0n) is 16.2. The first-order valence-corrected chi connectivity index (χ1v) is 9.43.